The molecular formula is C21H26FN3O2. The smallest absolute Gasteiger partial charge is 0.254 e. The van der Waals surface area contributed by atoms with Gasteiger partial charge in [0.15, 0.2) is 0 Å². The molecule has 0 atom stereocenters. The minimum absolute atomic E-state index is 0.0180. The van der Waals surface area contributed by atoms with Crippen LogP contribution in [0.4, 0.5) is 4.39 Å². The van der Waals surface area contributed by atoms with Crippen molar-refractivity contribution in [3.63, 3.8) is 0 Å². The van der Waals surface area contributed by atoms with Gasteiger partial charge in [0.25, 0.3) is 5.91 Å². The predicted octanol–water partition coefficient (Wildman–Crippen LogP) is 3.21. The largest absolute Gasteiger partial charge is 0.353 e. The second-order valence-corrected chi connectivity index (χ2v) is 7.10. The zero-order valence-corrected chi connectivity index (χ0v) is 15.9. The molecule has 1 heterocycles. The molecule has 1 aromatic heterocycles. The number of aryl methyl sites for hydroxylation is 1. The minimum Gasteiger partial charge on any atom is -0.353 e. The zero-order chi connectivity index (χ0) is 19.4. The molecule has 0 saturated heterocycles. The molecule has 1 fully saturated rings. The number of benzene rings is 1. The lowest BCUT2D eigenvalue weighted by molar-refractivity contribution is -0.133. The van der Waals surface area contributed by atoms with Crippen LogP contribution in [0.1, 0.15) is 42.2 Å². The Kier molecular flexibility index (Phi) is 5.94. The monoisotopic (exact) mass is 371 g/mol. The molecule has 2 amide bonds. The molecule has 1 aliphatic rings. The molecule has 0 spiro atoms. The third-order valence-electron chi connectivity index (χ3n) is 4.87. The van der Waals surface area contributed by atoms with E-state index in [-0.39, 0.29) is 30.0 Å². The fourth-order valence-corrected chi connectivity index (χ4v) is 3.22. The number of nitrogens with zero attached hydrogens (tertiary/aromatic N) is 3. The Hall–Kier alpha value is -2.63. The molecule has 3 rings (SSSR count). The van der Waals surface area contributed by atoms with Crippen LogP contribution in [0.2, 0.25) is 0 Å². The van der Waals surface area contributed by atoms with Crippen LogP contribution in [0.25, 0.3) is 0 Å². The van der Waals surface area contributed by atoms with Gasteiger partial charge in [-0.25, -0.2) is 4.39 Å². The van der Waals surface area contributed by atoms with Gasteiger partial charge in [0.2, 0.25) is 5.91 Å². The summed E-state index contributed by atoms with van der Waals surface area (Å²) in [4.78, 5) is 29.2. The Bertz CT molecular complexity index is 813. The van der Waals surface area contributed by atoms with E-state index in [1.165, 1.54) is 23.1 Å². The van der Waals surface area contributed by atoms with Crippen LogP contribution in [-0.2, 0) is 18.4 Å². The number of hydrogen-bond donors (Lipinski definition) is 0. The lowest BCUT2D eigenvalue weighted by atomic mass is 10.2. The Morgan fingerprint density at radius 3 is 2.59 bits per heavy atom. The fourth-order valence-electron chi connectivity index (χ4n) is 3.22. The third-order valence-corrected chi connectivity index (χ3v) is 4.87. The SMILES string of the molecule is CCCN(CC(=O)N(Cc1cccn1C)C1CC1)C(=O)c1cccc(F)c1. The van der Waals surface area contributed by atoms with Crippen LogP contribution in [0.15, 0.2) is 42.6 Å². The maximum atomic E-state index is 13.5. The zero-order valence-electron chi connectivity index (χ0n) is 15.9. The van der Waals surface area contributed by atoms with Gasteiger partial charge in [0, 0.05) is 37.1 Å². The highest BCUT2D eigenvalue weighted by atomic mass is 19.1. The molecule has 0 aliphatic heterocycles. The molecule has 1 aliphatic carbocycles. The van der Waals surface area contributed by atoms with Crippen LogP contribution in [0.3, 0.4) is 0 Å². The standard InChI is InChI=1S/C21H26FN3O2/c1-3-11-24(21(27)16-6-4-7-17(22)13-16)15-20(26)25(18-9-10-18)14-19-8-5-12-23(19)2/h4-8,12-13,18H,3,9-11,14-15H2,1-2H3. The van der Waals surface area contributed by atoms with Crippen molar-refractivity contribution in [1.82, 2.24) is 14.4 Å². The lowest BCUT2D eigenvalue weighted by Gasteiger charge is -2.28. The van der Waals surface area contributed by atoms with Crippen LogP contribution in [0.5, 0.6) is 0 Å². The molecule has 0 unspecified atom stereocenters. The van der Waals surface area contributed by atoms with Crippen LogP contribution < -0.4 is 0 Å². The molecular weight excluding hydrogens is 345 g/mol. The van der Waals surface area contributed by atoms with E-state index in [0.29, 0.717) is 13.1 Å². The number of halogens is 1. The van der Waals surface area contributed by atoms with Crippen molar-refractivity contribution in [1.29, 1.82) is 0 Å². The van der Waals surface area contributed by atoms with Gasteiger partial charge in [-0.15, -0.1) is 0 Å². The lowest BCUT2D eigenvalue weighted by Crippen LogP contribution is -2.44. The summed E-state index contributed by atoms with van der Waals surface area (Å²) in [6.45, 7) is 2.98. The molecule has 1 aromatic carbocycles. The topological polar surface area (TPSA) is 45.6 Å². The summed E-state index contributed by atoms with van der Waals surface area (Å²) in [6.07, 6.45) is 4.70. The number of carbonyl (C=O) groups excluding carboxylic acids is 2. The Morgan fingerprint density at radius 1 is 1.22 bits per heavy atom. The third kappa shape index (κ3) is 4.76. The van der Waals surface area contributed by atoms with Crippen molar-refractivity contribution < 1.29 is 14.0 Å². The fraction of sp³-hybridized carbons (Fsp3) is 0.429. The van der Waals surface area contributed by atoms with Crippen molar-refractivity contribution in [2.24, 2.45) is 7.05 Å². The van der Waals surface area contributed by atoms with Gasteiger partial charge in [-0.1, -0.05) is 13.0 Å². The average molecular weight is 371 g/mol. The number of aromatic nitrogens is 1. The van der Waals surface area contributed by atoms with Crippen molar-refractivity contribution in [2.75, 3.05) is 13.1 Å². The maximum absolute atomic E-state index is 13.5. The number of hydrogen-bond acceptors (Lipinski definition) is 2. The van der Waals surface area contributed by atoms with Crippen LogP contribution >= 0.6 is 0 Å². The highest BCUT2D eigenvalue weighted by Crippen LogP contribution is 2.28. The number of rotatable bonds is 8. The minimum atomic E-state index is -0.452. The van der Waals surface area contributed by atoms with Crippen molar-refractivity contribution >= 4 is 11.8 Å². The highest BCUT2D eigenvalue weighted by Gasteiger charge is 2.34. The summed E-state index contributed by atoms with van der Waals surface area (Å²) in [7, 11) is 1.96. The summed E-state index contributed by atoms with van der Waals surface area (Å²) in [5.41, 5.74) is 1.34. The van der Waals surface area contributed by atoms with Gasteiger partial charge in [0.05, 0.1) is 6.54 Å². The molecule has 0 bridgehead atoms. The number of carbonyl (C=O) groups is 2. The second-order valence-electron chi connectivity index (χ2n) is 7.10. The summed E-state index contributed by atoms with van der Waals surface area (Å²) in [6, 6.07) is 9.84. The van der Waals surface area contributed by atoms with Gasteiger partial charge in [-0.05, 0) is 49.6 Å². The quantitative estimate of drug-likeness (QED) is 0.715. The normalized spacial score (nSPS) is 13.4. The van der Waals surface area contributed by atoms with Gasteiger partial charge in [0.1, 0.15) is 12.4 Å². The van der Waals surface area contributed by atoms with Gasteiger partial charge in [-0.2, -0.15) is 0 Å². The first-order chi connectivity index (χ1) is 13.0. The first-order valence-corrected chi connectivity index (χ1v) is 9.44. The average Bonchev–Trinajstić information content (AvgIpc) is 3.41. The van der Waals surface area contributed by atoms with Crippen molar-refractivity contribution in [3.8, 4) is 0 Å². The molecule has 144 valence electrons. The van der Waals surface area contributed by atoms with E-state index in [0.717, 1.165) is 25.0 Å². The molecule has 5 nitrogen and oxygen atoms in total. The molecule has 1 saturated carbocycles. The van der Waals surface area contributed by atoms with E-state index < -0.39 is 5.82 Å². The van der Waals surface area contributed by atoms with Gasteiger partial charge < -0.3 is 14.4 Å². The molecule has 27 heavy (non-hydrogen) atoms. The van der Waals surface area contributed by atoms with E-state index >= 15 is 0 Å². The summed E-state index contributed by atoms with van der Waals surface area (Å²) in [5.74, 6) is -0.817. The highest BCUT2D eigenvalue weighted by molar-refractivity contribution is 5.96. The van der Waals surface area contributed by atoms with Gasteiger partial charge in [-0.3, -0.25) is 9.59 Å². The Labute approximate surface area is 159 Å². The van der Waals surface area contributed by atoms with E-state index in [2.05, 4.69) is 0 Å². The Morgan fingerprint density at radius 2 is 2.00 bits per heavy atom. The van der Waals surface area contributed by atoms with Crippen LogP contribution in [0, 0.1) is 5.82 Å². The summed E-state index contributed by atoms with van der Waals surface area (Å²) in [5, 5.41) is 0. The van der Waals surface area contributed by atoms with Crippen molar-refractivity contribution in [2.45, 2.75) is 38.8 Å². The van der Waals surface area contributed by atoms with Crippen LogP contribution in [-0.4, -0.2) is 45.3 Å². The van der Waals surface area contributed by atoms with E-state index in [1.807, 2.05) is 41.8 Å². The second kappa shape index (κ2) is 8.37. The number of amides is 2. The summed E-state index contributed by atoms with van der Waals surface area (Å²) < 4.78 is 15.5. The van der Waals surface area contributed by atoms with E-state index in [4.69, 9.17) is 0 Å². The van der Waals surface area contributed by atoms with E-state index in [1.54, 1.807) is 6.07 Å². The first-order valence-electron chi connectivity index (χ1n) is 9.44. The maximum Gasteiger partial charge on any atom is 0.254 e. The Balaban J connectivity index is 1.73. The molecule has 0 radical (unpaired) electrons. The van der Waals surface area contributed by atoms with Gasteiger partial charge >= 0.3 is 0 Å². The predicted molar refractivity (Wildman–Crippen MR) is 102 cm³/mol. The molecule has 6 heteroatoms. The molecule has 2 aromatic rings. The van der Waals surface area contributed by atoms with Crippen molar-refractivity contribution in [3.05, 3.63) is 59.7 Å². The first kappa shape index (κ1) is 19.1. The molecule has 0 N–H and O–H groups in total. The van der Waals surface area contributed by atoms with E-state index in [9.17, 15) is 14.0 Å². The summed E-state index contributed by atoms with van der Waals surface area (Å²) >= 11 is 0.